The maximum atomic E-state index is 11.7. The van der Waals surface area contributed by atoms with Gasteiger partial charge in [-0.1, -0.05) is 4.49 Å². The SMILES string of the molecule is CCOC(=O)CCN(C)C(=O)c1csnn1. The van der Waals surface area contributed by atoms with Crippen LogP contribution < -0.4 is 0 Å². The van der Waals surface area contributed by atoms with Crippen LogP contribution in [0.1, 0.15) is 23.8 Å². The summed E-state index contributed by atoms with van der Waals surface area (Å²) in [4.78, 5) is 24.1. The second kappa shape index (κ2) is 6.16. The number of esters is 1. The standard InChI is InChI=1S/C9H13N3O3S/c1-3-15-8(13)4-5-12(2)9(14)7-6-16-11-10-7/h6H,3-5H2,1-2H3. The molecule has 1 aromatic rings. The van der Waals surface area contributed by atoms with Crippen LogP contribution in [0.3, 0.4) is 0 Å². The third-order valence-corrected chi connectivity index (χ3v) is 2.39. The molecule has 0 aliphatic rings. The molecule has 7 heteroatoms. The van der Waals surface area contributed by atoms with Crippen LogP contribution in [0.25, 0.3) is 0 Å². The van der Waals surface area contributed by atoms with E-state index in [-0.39, 0.29) is 18.3 Å². The molecule has 1 heterocycles. The van der Waals surface area contributed by atoms with Crippen LogP contribution in [0.4, 0.5) is 0 Å². The molecule has 1 aromatic heterocycles. The Hall–Kier alpha value is -1.50. The molecule has 0 spiro atoms. The highest BCUT2D eigenvalue weighted by Crippen LogP contribution is 2.02. The van der Waals surface area contributed by atoms with Crippen molar-refractivity contribution in [3.05, 3.63) is 11.1 Å². The van der Waals surface area contributed by atoms with Crippen molar-refractivity contribution in [1.29, 1.82) is 0 Å². The Kier molecular flexibility index (Phi) is 4.84. The molecule has 0 saturated carbocycles. The normalized spacial score (nSPS) is 9.88. The van der Waals surface area contributed by atoms with Crippen molar-refractivity contribution in [2.75, 3.05) is 20.2 Å². The molecule has 0 bridgehead atoms. The quantitative estimate of drug-likeness (QED) is 0.707. The maximum Gasteiger partial charge on any atom is 0.307 e. The minimum absolute atomic E-state index is 0.188. The van der Waals surface area contributed by atoms with Gasteiger partial charge in [-0.2, -0.15) is 0 Å². The number of nitrogens with zero attached hydrogens (tertiary/aromatic N) is 3. The lowest BCUT2D eigenvalue weighted by molar-refractivity contribution is -0.143. The Morgan fingerprint density at radius 1 is 1.56 bits per heavy atom. The van der Waals surface area contributed by atoms with E-state index >= 15 is 0 Å². The molecule has 16 heavy (non-hydrogen) atoms. The highest BCUT2D eigenvalue weighted by molar-refractivity contribution is 7.03. The summed E-state index contributed by atoms with van der Waals surface area (Å²) >= 11 is 1.12. The van der Waals surface area contributed by atoms with E-state index in [4.69, 9.17) is 4.74 Å². The molecular formula is C9H13N3O3S. The van der Waals surface area contributed by atoms with Crippen LogP contribution in [-0.2, 0) is 9.53 Å². The molecule has 0 aromatic carbocycles. The molecule has 0 unspecified atom stereocenters. The van der Waals surface area contributed by atoms with Gasteiger partial charge in [-0.25, -0.2) is 0 Å². The molecule has 0 aliphatic heterocycles. The van der Waals surface area contributed by atoms with E-state index in [1.807, 2.05) is 0 Å². The molecule has 0 fully saturated rings. The van der Waals surface area contributed by atoms with Crippen LogP contribution in [-0.4, -0.2) is 46.6 Å². The number of carbonyl (C=O) groups is 2. The summed E-state index contributed by atoms with van der Waals surface area (Å²) in [7, 11) is 1.61. The molecule has 0 atom stereocenters. The first-order valence-electron chi connectivity index (χ1n) is 4.83. The van der Waals surface area contributed by atoms with Crippen LogP contribution in [0, 0.1) is 0 Å². The van der Waals surface area contributed by atoms with E-state index in [1.54, 1.807) is 19.4 Å². The number of amides is 1. The third kappa shape index (κ3) is 3.58. The highest BCUT2D eigenvalue weighted by Gasteiger charge is 2.15. The first-order chi connectivity index (χ1) is 7.65. The summed E-state index contributed by atoms with van der Waals surface area (Å²) in [5, 5.41) is 5.23. The van der Waals surface area contributed by atoms with Crippen molar-refractivity contribution in [3.8, 4) is 0 Å². The minimum Gasteiger partial charge on any atom is -0.466 e. The van der Waals surface area contributed by atoms with Crippen molar-refractivity contribution in [3.63, 3.8) is 0 Å². The molecule has 88 valence electrons. The van der Waals surface area contributed by atoms with Gasteiger partial charge < -0.3 is 9.64 Å². The summed E-state index contributed by atoms with van der Waals surface area (Å²) in [5.41, 5.74) is 0.302. The van der Waals surface area contributed by atoms with Crippen molar-refractivity contribution in [2.45, 2.75) is 13.3 Å². The van der Waals surface area contributed by atoms with Crippen LogP contribution in [0.15, 0.2) is 5.38 Å². The zero-order chi connectivity index (χ0) is 12.0. The predicted octanol–water partition coefficient (Wildman–Crippen LogP) is 0.563. The van der Waals surface area contributed by atoms with Gasteiger partial charge in [0.25, 0.3) is 5.91 Å². The third-order valence-electron chi connectivity index (χ3n) is 1.88. The number of aromatic nitrogens is 2. The van der Waals surface area contributed by atoms with Gasteiger partial charge in [-0.3, -0.25) is 9.59 Å². The van der Waals surface area contributed by atoms with Gasteiger partial charge >= 0.3 is 5.97 Å². The van der Waals surface area contributed by atoms with Crippen molar-refractivity contribution in [1.82, 2.24) is 14.5 Å². The number of hydrogen-bond acceptors (Lipinski definition) is 6. The van der Waals surface area contributed by atoms with E-state index < -0.39 is 0 Å². The topological polar surface area (TPSA) is 72.4 Å². The van der Waals surface area contributed by atoms with E-state index in [9.17, 15) is 9.59 Å². The van der Waals surface area contributed by atoms with Gasteiger partial charge in [0.2, 0.25) is 0 Å². The fourth-order valence-corrected chi connectivity index (χ4v) is 1.48. The van der Waals surface area contributed by atoms with Crippen LogP contribution in [0.2, 0.25) is 0 Å². The van der Waals surface area contributed by atoms with Gasteiger partial charge in [0.15, 0.2) is 5.69 Å². The first kappa shape index (κ1) is 12.6. The first-order valence-corrected chi connectivity index (χ1v) is 5.67. The molecule has 0 aliphatic carbocycles. The lowest BCUT2D eigenvalue weighted by atomic mass is 10.3. The lowest BCUT2D eigenvalue weighted by Gasteiger charge is -2.14. The molecule has 0 radical (unpaired) electrons. The second-order valence-electron chi connectivity index (χ2n) is 3.07. The zero-order valence-electron chi connectivity index (χ0n) is 9.17. The summed E-state index contributed by atoms with van der Waals surface area (Å²) in [6, 6.07) is 0. The monoisotopic (exact) mass is 243 g/mol. The summed E-state index contributed by atoms with van der Waals surface area (Å²) in [6.07, 6.45) is 0.188. The highest BCUT2D eigenvalue weighted by atomic mass is 32.1. The smallest absolute Gasteiger partial charge is 0.307 e. The average molecular weight is 243 g/mol. The fraction of sp³-hybridized carbons (Fsp3) is 0.556. The minimum atomic E-state index is -0.307. The Bertz CT molecular complexity index is 353. The van der Waals surface area contributed by atoms with E-state index in [0.717, 1.165) is 11.5 Å². The fourth-order valence-electron chi connectivity index (χ4n) is 1.05. The number of ether oxygens (including phenoxy) is 1. The molecule has 6 nitrogen and oxygen atoms in total. The number of carbonyl (C=O) groups excluding carboxylic acids is 2. The van der Waals surface area contributed by atoms with Crippen LogP contribution in [0.5, 0.6) is 0 Å². The molecule has 1 amide bonds. The van der Waals surface area contributed by atoms with Crippen molar-refractivity contribution < 1.29 is 14.3 Å². The Labute approximate surface area is 97.4 Å². The van der Waals surface area contributed by atoms with Crippen molar-refractivity contribution >= 4 is 23.4 Å². The molecule has 0 saturated heterocycles. The van der Waals surface area contributed by atoms with Crippen LogP contribution >= 0.6 is 11.5 Å². The molecular weight excluding hydrogens is 230 g/mol. The van der Waals surface area contributed by atoms with E-state index in [2.05, 4.69) is 9.59 Å². The predicted molar refractivity (Wildman–Crippen MR) is 58.1 cm³/mol. The molecule has 1 rings (SSSR count). The summed E-state index contributed by atoms with van der Waals surface area (Å²) in [5.74, 6) is -0.545. The number of rotatable bonds is 5. The Morgan fingerprint density at radius 2 is 2.31 bits per heavy atom. The maximum absolute atomic E-state index is 11.7. The van der Waals surface area contributed by atoms with Gasteiger partial charge in [0, 0.05) is 19.0 Å². The van der Waals surface area contributed by atoms with Gasteiger partial charge in [-0.05, 0) is 18.5 Å². The zero-order valence-corrected chi connectivity index (χ0v) is 9.99. The van der Waals surface area contributed by atoms with E-state index in [1.165, 1.54) is 4.90 Å². The lowest BCUT2D eigenvalue weighted by Crippen LogP contribution is -2.29. The van der Waals surface area contributed by atoms with Gasteiger partial charge in [-0.15, -0.1) is 5.10 Å². The largest absolute Gasteiger partial charge is 0.466 e. The summed E-state index contributed by atoms with van der Waals surface area (Å²) < 4.78 is 8.36. The molecule has 0 N–H and O–H groups in total. The summed E-state index contributed by atoms with van der Waals surface area (Å²) in [6.45, 7) is 2.41. The van der Waals surface area contributed by atoms with Gasteiger partial charge in [0.1, 0.15) is 0 Å². The number of hydrogen-bond donors (Lipinski definition) is 0. The van der Waals surface area contributed by atoms with Gasteiger partial charge in [0.05, 0.1) is 13.0 Å². The van der Waals surface area contributed by atoms with Crippen molar-refractivity contribution in [2.24, 2.45) is 0 Å². The second-order valence-corrected chi connectivity index (χ2v) is 3.68. The Morgan fingerprint density at radius 3 is 2.88 bits per heavy atom. The average Bonchev–Trinajstić information content (AvgIpc) is 2.78. The Balaban J connectivity index is 2.38. The van der Waals surface area contributed by atoms with E-state index in [0.29, 0.717) is 18.8 Å².